The average Bonchev–Trinajstić information content (AvgIpc) is 4.33. The molecule has 0 bridgehead atoms. The van der Waals surface area contributed by atoms with Crippen molar-refractivity contribution in [2.24, 2.45) is 47.0 Å². The normalized spacial score (nSPS) is 34.4. The van der Waals surface area contributed by atoms with Crippen molar-refractivity contribution >= 4 is 36.1 Å². The van der Waals surface area contributed by atoms with Crippen LogP contribution in [0.25, 0.3) is 0 Å². The van der Waals surface area contributed by atoms with Crippen LogP contribution in [0.3, 0.4) is 0 Å². The van der Waals surface area contributed by atoms with Crippen LogP contribution in [0.2, 0.25) is 0 Å². The second-order valence-corrected chi connectivity index (χ2v) is 23.7. The Hall–Kier alpha value is -5.38. The van der Waals surface area contributed by atoms with Crippen LogP contribution in [-0.2, 0) is 57.1 Å². The molecule has 82 heavy (non-hydrogen) atoms. The molecule has 8 N–H and O–H groups in total. The van der Waals surface area contributed by atoms with Crippen LogP contribution in [0, 0.1) is 35.5 Å². The molecule has 464 valence electrons. The van der Waals surface area contributed by atoms with Crippen LogP contribution >= 0.6 is 0 Å². The van der Waals surface area contributed by atoms with Gasteiger partial charge in [0.15, 0.2) is 0 Å². The highest BCUT2D eigenvalue weighted by Gasteiger charge is 2.47. The lowest BCUT2D eigenvalue weighted by atomic mass is 9.88. The standard InChI is InChI=1S/2C31H49NO9/c1-8-24(34)21(5)29-25(40-29)16-18(2)10-9-11-19(3)28-20(4)12-13-26(38-22(6)33)31(7,37)15-14-23(39-30(32)36)17-27(35)41-28;1-8-24(40-30(32)36)21(5)29-25(39-29)16-18(2)10-9-11-19(3)28-20(4)12-13-26(38-22(6)33)31(7,37)15-14-23(34)17-27(35)41-28/h2*9-13,18,20-21,23-26,28-29,34,37H,8,14-17H2,1-7H3,(H2,32,36)/b2*10-9+,13-12+,19-11+. The van der Waals surface area contributed by atoms with Gasteiger partial charge in [0, 0.05) is 37.5 Å². The molecule has 4 heterocycles. The molecule has 2 saturated heterocycles. The second kappa shape index (κ2) is 33.2. The van der Waals surface area contributed by atoms with Crippen molar-refractivity contribution in [2.75, 3.05) is 0 Å². The number of carbonyl (C=O) groups is 6. The highest BCUT2D eigenvalue weighted by atomic mass is 16.6. The number of allylic oxidation sites excluding steroid dienone is 6. The van der Waals surface area contributed by atoms with Crippen LogP contribution in [0.5, 0.6) is 0 Å². The first-order valence-corrected chi connectivity index (χ1v) is 29.1. The van der Waals surface area contributed by atoms with Gasteiger partial charge in [-0.3, -0.25) is 19.2 Å². The van der Waals surface area contributed by atoms with Gasteiger partial charge < -0.3 is 69.8 Å². The monoisotopic (exact) mass is 1160 g/mol. The highest BCUT2D eigenvalue weighted by Crippen LogP contribution is 2.39. The Morgan fingerprint density at radius 1 is 0.671 bits per heavy atom. The summed E-state index contributed by atoms with van der Waals surface area (Å²) in [7, 11) is 0. The molecular weight excluding hydrogens is 1060 g/mol. The van der Waals surface area contributed by atoms with E-state index >= 15 is 0 Å². The van der Waals surface area contributed by atoms with Gasteiger partial charge in [0.1, 0.15) is 47.8 Å². The van der Waals surface area contributed by atoms with Gasteiger partial charge in [-0.15, -0.1) is 0 Å². The molecule has 20 unspecified atom stereocenters. The number of esters is 4. The van der Waals surface area contributed by atoms with E-state index in [-0.39, 0.29) is 111 Å². The molecule has 0 aliphatic carbocycles. The van der Waals surface area contributed by atoms with Crippen molar-refractivity contribution in [1.29, 1.82) is 0 Å². The highest BCUT2D eigenvalue weighted by molar-refractivity contribution is 5.72. The van der Waals surface area contributed by atoms with Gasteiger partial charge in [-0.2, -0.15) is 0 Å². The largest absolute Gasteiger partial charge is 0.457 e. The summed E-state index contributed by atoms with van der Waals surface area (Å²) in [5.74, 6) is -2.23. The number of carbonyl (C=O) groups excluding carboxylic acids is 6. The van der Waals surface area contributed by atoms with Crippen LogP contribution in [0.4, 0.5) is 9.59 Å². The van der Waals surface area contributed by atoms with E-state index in [4.69, 9.17) is 49.4 Å². The Bertz CT molecular complexity index is 2290. The summed E-state index contributed by atoms with van der Waals surface area (Å²) in [4.78, 5) is 71.6. The molecule has 0 aromatic rings. The molecule has 0 aromatic carbocycles. The first kappa shape index (κ1) is 70.9. The lowest BCUT2D eigenvalue weighted by Gasteiger charge is -2.33. The molecule has 20 nitrogen and oxygen atoms in total. The molecule has 2 amide bonds. The first-order chi connectivity index (χ1) is 38.3. The van der Waals surface area contributed by atoms with Crippen LogP contribution in [0.1, 0.15) is 161 Å². The Morgan fingerprint density at radius 2 is 1.11 bits per heavy atom. The van der Waals surface area contributed by atoms with E-state index in [0.717, 1.165) is 24.0 Å². The van der Waals surface area contributed by atoms with Gasteiger partial charge >= 0.3 is 36.1 Å². The molecule has 20 atom stereocenters. The van der Waals surface area contributed by atoms with E-state index in [1.807, 2.05) is 79.7 Å². The zero-order valence-corrected chi connectivity index (χ0v) is 50.9. The molecule has 2 fully saturated rings. The van der Waals surface area contributed by atoms with Crippen molar-refractivity contribution in [3.05, 3.63) is 71.9 Å². The van der Waals surface area contributed by atoms with E-state index in [1.54, 1.807) is 31.2 Å². The lowest BCUT2D eigenvalue weighted by Crippen LogP contribution is -2.42. The summed E-state index contributed by atoms with van der Waals surface area (Å²) in [5, 5.41) is 42.5. The number of aliphatic hydroxyl groups excluding tert-OH is 2. The number of nitrogens with two attached hydrogens (primary N) is 2. The maximum absolute atomic E-state index is 12.9. The molecule has 4 aliphatic rings. The Labute approximate surface area is 486 Å². The van der Waals surface area contributed by atoms with E-state index < -0.39 is 83.9 Å². The number of aliphatic hydroxyl groups is 4. The third-order valence-corrected chi connectivity index (χ3v) is 15.8. The minimum Gasteiger partial charge on any atom is -0.457 e. The third kappa shape index (κ3) is 24.4. The fraction of sp³-hybridized carbons (Fsp3) is 0.710. The molecule has 0 saturated carbocycles. The number of ether oxygens (including phenoxy) is 8. The molecule has 4 rings (SSSR count). The summed E-state index contributed by atoms with van der Waals surface area (Å²) in [5.41, 5.74) is 9.07. The quantitative estimate of drug-likeness (QED) is 0.0220. The van der Waals surface area contributed by atoms with E-state index in [1.165, 1.54) is 20.8 Å². The number of hydrogen-bond acceptors (Lipinski definition) is 18. The Morgan fingerprint density at radius 3 is 1.52 bits per heavy atom. The Balaban J connectivity index is 0.000000430. The third-order valence-electron chi connectivity index (χ3n) is 15.8. The topological polar surface area (TPSA) is 316 Å². The lowest BCUT2D eigenvalue weighted by molar-refractivity contribution is -0.158. The van der Waals surface area contributed by atoms with E-state index in [0.29, 0.717) is 12.8 Å². The van der Waals surface area contributed by atoms with Crippen LogP contribution in [-0.4, -0.2) is 141 Å². The van der Waals surface area contributed by atoms with Crippen molar-refractivity contribution in [1.82, 2.24) is 0 Å². The number of cyclic esters (lactones) is 2. The van der Waals surface area contributed by atoms with E-state index in [2.05, 4.69) is 26.0 Å². The maximum atomic E-state index is 12.9. The van der Waals surface area contributed by atoms with Gasteiger partial charge in [-0.05, 0) is 114 Å². The SMILES string of the molecule is CCC(O)C(C)C1OC1CC(C)/C=C/C=C(\C)C1OC(=O)CC(OC(N)=O)CCC(C)(O)C(OC(C)=O)/C=C/C1C.CCC(OC(N)=O)C(C)C1OC1CC(C)/C=C/C=C(\C)C1OC(=O)CC(O)CCC(C)(O)C(OC(C)=O)/C=C/C1C. The first-order valence-electron chi connectivity index (χ1n) is 29.1. The predicted molar refractivity (Wildman–Crippen MR) is 307 cm³/mol. The van der Waals surface area contributed by atoms with Crippen molar-refractivity contribution in [3.8, 4) is 0 Å². The summed E-state index contributed by atoms with van der Waals surface area (Å²) in [6.07, 6.45) is 14.3. The van der Waals surface area contributed by atoms with Gasteiger partial charge in [0.05, 0.1) is 49.5 Å². The minimum atomic E-state index is -1.49. The molecule has 0 radical (unpaired) electrons. The summed E-state index contributed by atoms with van der Waals surface area (Å²) >= 11 is 0. The molecule has 20 heteroatoms. The van der Waals surface area contributed by atoms with E-state index in [9.17, 15) is 49.2 Å². The van der Waals surface area contributed by atoms with Crippen LogP contribution < -0.4 is 11.5 Å². The van der Waals surface area contributed by atoms with Gasteiger partial charge in [-0.1, -0.05) is 104 Å². The number of amides is 2. The fourth-order valence-corrected chi connectivity index (χ4v) is 10.5. The minimum absolute atomic E-state index is 0.0163. The molecular formula is C62H98N2O18. The zero-order valence-electron chi connectivity index (χ0n) is 50.9. The summed E-state index contributed by atoms with van der Waals surface area (Å²) in [6.45, 7) is 25.2. The number of hydrogen-bond donors (Lipinski definition) is 6. The van der Waals surface area contributed by atoms with Gasteiger partial charge in [0.25, 0.3) is 0 Å². The predicted octanol–water partition coefficient (Wildman–Crippen LogP) is 8.25. The number of primary amides is 2. The maximum Gasteiger partial charge on any atom is 0.404 e. The van der Waals surface area contributed by atoms with Gasteiger partial charge in [-0.25, -0.2) is 9.59 Å². The van der Waals surface area contributed by atoms with Crippen molar-refractivity contribution in [3.63, 3.8) is 0 Å². The summed E-state index contributed by atoms with van der Waals surface area (Å²) in [6, 6.07) is 0. The zero-order chi connectivity index (χ0) is 61.8. The fourth-order valence-electron chi connectivity index (χ4n) is 10.5. The average molecular weight is 1160 g/mol. The Kier molecular flexibility index (Phi) is 28.7. The number of rotatable bonds is 20. The second-order valence-electron chi connectivity index (χ2n) is 23.7. The van der Waals surface area contributed by atoms with Crippen molar-refractivity contribution in [2.45, 2.75) is 246 Å². The van der Waals surface area contributed by atoms with Crippen LogP contribution in [0.15, 0.2) is 71.9 Å². The smallest absolute Gasteiger partial charge is 0.404 e. The molecule has 0 spiro atoms. The molecule has 4 aliphatic heterocycles. The molecule has 0 aromatic heterocycles. The number of epoxide rings is 2. The summed E-state index contributed by atoms with van der Waals surface area (Å²) < 4.78 is 44.4. The van der Waals surface area contributed by atoms with Crippen molar-refractivity contribution < 1.29 is 87.1 Å². The van der Waals surface area contributed by atoms with Gasteiger partial charge in [0.2, 0.25) is 0 Å².